The van der Waals surface area contributed by atoms with E-state index in [9.17, 15) is 9.18 Å². The van der Waals surface area contributed by atoms with E-state index < -0.39 is 0 Å². The molecule has 4 heteroatoms. The molecule has 1 unspecified atom stereocenters. The van der Waals surface area contributed by atoms with Crippen molar-refractivity contribution in [1.29, 1.82) is 0 Å². The number of halogens is 1. The topological polar surface area (TPSA) is 26.3 Å². The Morgan fingerprint density at radius 2 is 1.95 bits per heavy atom. The maximum absolute atomic E-state index is 12.8. The molecule has 1 rings (SSSR count). The molecular formula is C15H19FO2S. The lowest BCUT2D eigenvalue weighted by Crippen LogP contribution is -2.05. The van der Waals surface area contributed by atoms with Gasteiger partial charge in [-0.1, -0.05) is 31.3 Å². The van der Waals surface area contributed by atoms with Crippen molar-refractivity contribution in [3.8, 4) is 0 Å². The Morgan fingerprint density at radius 3 is 2.53 bits per heavy atom. The second kappa shape index (κ2) is 8.00. The van der Waals surface area contributed by atoms with Crippen molar-refractivity contribution in [2.75, 3.05) is 7.11 Å². The first kappa shape index (κ1) is 15.8. The maximum atomic E-state index is 12.8. The van der Waals surface area contributed by atoms with Crippen molar-refractivity contribution in [3.05, 3.63) is 35.6 Å². The molecule has 0 aliphatic rings. The van der Waals surface area contributed by atoms with Crippen LogP contribution in [0.15, 0.2) is 24.3 Å². The Labute approximate surface area is 119 Å². The Kier molecular flexibility index (Phi) is 6.64. The van der Waals surface area contributed by atoms with E-state index in [1.54, 1.807) is 12.1 Å². The van der Waals surface area contributed by atoms with Crippen LogP contribution in [0.1, 0.15) is 44.1 Å². The van der Waals surface area contributed by atoms with E-state index in [4.69, 9.17) is 12.2 Å². The number of rotatable bonds is 7. The molecule has 0 heterocycles. The summed E-state index contributed by atoms with van der Waals surface area (Å²) in [6, 6.07) is 6.51. The van der Waals surface area contributed by atoms with E-state index in [2.05, 4.69) is 11.7 Å². The molecule has 2 nitrogen and oxygen atoms in total. The van der Waals surface area contributed by atoms with Crippen molar-refractivity contribution in [2.45, 2.75) is 38.5 Å². The summed E-state index contributed by atoms with van der Waals surface area (Å²) >= 11 is 5.32. The molecule has 0 aliphatic carbocycles. The fraction of sp³-hybridized carbons (Fsp3) is 0.467. The van der Waals surface area contributed by atoms with Crippen LogP contribution >= 0.6 is 12.2 Å². The average Bonchev–Trinajstić information content (AvgIpc) is 2.39. The van der Waals surface area contributed by atoms with E-state index in [0.717, 1.165) is 29.7 Å². The number of carbonyl (C=O) groups is 1. The van der Waals surface area contributed by atoms with Gasteiger partial charge in [0, 0.05) is 6.42 Å². The first-order valence-electron chi connectivity index (χ1n) is 6.37. The molecule has 1 atom stereocenters. The molecule has 0 N–H and O–H groups in total. The van der Waals surface area contributed by atoms with Gasteiger partial charge in [-0.05, 0) is 47.7 Å². The van der Waals surface area contributed by atoms with Crippen LogP contribution in [0.2, 0.25) is 0 Å². The Balaban J connectivity index is 2.35. The Hall–Kier alpha value is -1.29. The van der Waals surface area contributed by atoms with Gasteiger partial charge in [-0.2, -0.15) is 0 Å². The number of benzene rings is 1. The maximum Gasteiger partial charge on any atom is 0.305 e. The summed E-state index contributed by atoms with van der Waals surface area (Å²) < 4.78 is 17.4. The number of carbonyl (C=O) groups excluding carboxylic acids is 1. The van der Waals surface area contributed by atoms with E-state index >= 15 is 0 Å². The highest BCUT2D eigenvalue weighted by molar-refractivity contribution is 7.80. The highest BCUT2D eigenvalue weighted by Gasteiger charge is 2.09. The molecule has 0 aliphatic heterocycles. The van der Waals surface area contributed by atoms with Crippen LogP contribution in [0.5, 0.6) is 0 Å². The van der Waals surface area contributed by atoms with Gasteiger partial charge in [-0.15, -0.1) is 0 Å². The van der Waals surface area contributed by atoms with Gasteiger partial charge in [0.2, 0.25) is 0 Å². The zero-order valence-corrected chi connectivity index (χ0v) is 12.1. The van der Waals surface area contributed by atoms with Crippen molar-refractivity contribution in [1.82, 2.24) is 0 Å². The number of hydrogen-bond donors (Lipinski definition) is 0. The van der Waals surface area contributed by atoms with Crippen molar-refractivity contribution in [3.63, 3.8) is 0 Å². The third kappa shape index (κ3) is 5.92. The quantitative estimate of drug-likeness (QED) is 0.558. The molecule has 0 bridgehead atoms. The zero-order chi connectivity index (χ0) is 14.3. The van der Waals surface area contributed by atoms with E-state index in [1.807, 2.05) is 0 Å². The molecule has 0 saturated carbocycles. The number of esters is 1. The summed E-state index contributed by atoms with van der Waals surface area (Å²) in [5, 5.41) is 0. The van der Waals surface area contributed by atoms with E-state index in [-0.39, 0.29) is 17.7 Å². The van der Waals surface area contributed by atoms with Crippen LogP contribution in [0.3, 0.4) is 0 Å². The van der Waals surface area contributed by atoms with Gasteiger partial charge >= 0.3 is 5.97 Å². The first-order chi connectivity index (χ1) is 9.02. The molecule has 0 amide bonds. The molecule has 0 aromatic heterocycles. The van der Waals surface area contributed by atoms with Crippen LogP contribution in [0.4, 0.5) is 4.39 Å². The SMILES string of the molecule is COC(=O)CCCC(=S)CC(C)c1ccc(F)cc1. The van der Waals surface area contributed by atoms with E-state index in [0.29, 0.717) is 6.42 Å². The van der Waals surface area contributed by atoms with Crippen LogP contribution in [0.25, 0.3) is 0 Å². The summed E-state index contributed by atoms with van der Waals surface area (Å²) in [6.07, 6.45) is 2.65. The first-order valence-corrected chi connectivity index (χ1v) is 6.77. The van der Waals surface area contributed by atoms with Gasteiger partial charge < -0.3 is 4.74 Å². The van der Waals surface area contributed by atoms with E-state index in [1.165, 1.54) is 19.2 Å². The predicted octanol–water partition coefficient (Wildman–Crippen LogP) is 4.03. The largest absolute Gasteiger partial charge is 0.469 e. The summed E-state index contributed by atoms with van der Waals surface area (Å²) in [7, 11) is 1.39. The Morgan fingerprint density at radius 1 is 1.32 bits per heavy atom. The van der Waals surface area contributed by atoms with Gasteiger partial charge in [0.25, 0.3) is 0 Å². The van der Waals surface area contributed by atoms with Gasteiger partial charge in [-0.3, -0.25) is 4.79 Å². The molecule has 0 fully saturated rings. The summed E-state index contributed by atoms with van der Waals surface area (Å²) in [5.74, 6) is -0.155. The zero-order valence-electron chi connectivity index (χ0n) is 11.3. The second-order valence-corrected chi connectivity index (χ2v) is 5.20. The molecule has 1 aromatic rings. The minimum atomic E-state index is -0.225. The van der Waals surface area contributed by atoms with Crippen molar-refractivity contribution < 1.29 is 13.9 Å². The van der Waals surface area contributed by atoms with Crippen molar-refractivity contribution >= 4 is 23.1 Å². The van der Waals surface area contributed by atoms with Gasteiger partial charge in [0.05, 0.1) is 7.11 Å². The van der Waals surface area contributed by atoms with Crippen LogP contribution < -0.4 is 0 Å². The standard InChI is InChI=1S/C15H19FO2S/c1-11(12-6-8-13(16)9-7-12)10-14(19)4-3-5-15(17)18-2/h6-9,11H,3-5,10H2,1-2H3. The second-order valence-electron chi connectivity index (χ2n) is 4.63. The fourth-order valence-corrected chi connectivity index (χ4v) is 2.28. The Bertz CT molecular complexity index is 428. The monoisotopic (exact) mass is 282 g/mol. The minimum Gasteiger partial charge on any atom is -0.469 e. The number of hydrogen-bond acceptors (Lipinski definition) is 3. The molecular weight excluding hydrogens is 263 g/mol. The highest BCUT2D eigenvalue weighted by Crippen LogP contribution is 2.21. The average molecular weight is 282 g/mol. The lowest BCUT2D eigenvalue weighted by Gasteiger charge is -2.12. The number of thiocarbonyl (C=S) groups is 1. The van der Waals surface area contributed by atoms with Crippen LogP contribution in [0, 0.1) is 5.82 Å². The highest BCUT2D eigenvalue weighted by atomic mass is 32.1. The number of methoxy groups -OCH3 is 1. The molecule has 0 saturated heterocycles. The molecule has 0 spiro atoms. The molecule has 0 radical (unpaired) electrons. The van der Waals surface area contributed by atoms with Crippen LogP contribution in [-0.4, -0.2) is 17.9 Å². The van der Waals surface area contributed by atoms with Gasteiger partial charge in [0.15, 0.2) is 0 Å². The molecule has 104 valence electrons. The lowest BCUT2D eigenvalue weighted by molar-refractivity contribution is -0.140. The third-order valence-corrected chi connectivity index (χ3v) is 3.41. The molecule has 19 heavy (non-hydrogen) atoms. The minimum absolute atomic E-state index is 0.200. The summed E-state index contributed by atoms with van der Waals surface area (Å²) in [5.41, 5.74) is 1.08. The van der Waals surface area contributed by atoms with Crippen LogP contribution in [-0.2, 0) is 9.53 Å². The summed E-state index contributed by atoms with van der Waals surface area (Å²) in [6.45, 7) is 2.07. The predicted molar refractivity (Wildman–Crippen MR) is 77.9 cm³/mol. The third-order valence-electron chi connectivity index (χ3n) is 3.04. The molecule has 1 aromatic carbocycles. The summed E-state index contributed by atoms with van der Waals surface area (Å²) in [4.78, 5) is 11.9. The fourth-order valence-electron chi connectivity index (χ4n) is 1.88. The lowest BCUT2D eigenvalue weighted by atomic mass is 9.95. The van der Waals surface area contributed by atoms with Crippen molar-refractivity contribution in [2.24, 2.45) is 0 Å². The smallest absolute Gasteiger partial charge is 0.305 e. The van der Waals surface area contributed by atoms with Gasteiger partial charge in [0.1, 0.15) is 5.82 Å². The van der Waals surface area contributed by atoms with Gasteiger partial charge in [-0.25, -0.2) is 4.39 Å². The normalized spacial score (nSPS) is 11.9. The number of ether oxygens (including phenoxy) is 1.